The number of nitrogens with two attached hydrogens (primary N) is 1. The predicted molar refractivity (Wildman–Crippen MR) is 103 cm³/mol. The van der Waals surface area contributed by atoms with E-state index in [1.54, 1.807) is 4.57 Å². The van der Waals surface area contributed by atoms with Crippen LogP contribution < -0.4 is 11.1 Å². The van der Waals surface area contributed by atoms with Gasteiger partial charge in [0.15, 0.2) is 11.0 Å². The lowest BCUT2D eigenvalue weighted by atomic mass is 9.86. The fraction of sp³-hybridized carbons (Fsp3) is 0.529. The largest absolute Gasteiger partial charge is 0.368 e. The number of aromatic nitrogens is 3. The van der Waals surface area contributed by atoms with Crippen molar-refractivity contribution in [1.82, 2.24) is 20.1 Å². The van der Waals surface area contributed by atoms with Crippen LogP contribution in [0.4, 0.5) is 0 Å². The average molecular weight is 394 g/mol. The van der Waals surface area contributed by atoms with Crippen LogP contribution in [0.25, 0.3) is 10.7 Å². The Balaban J connectivity index is 1.65. The van der Waals surface area contributed by atoms with Gasteiger partial charge in [-0.15, -0.1) is 21.5 Å². The molecule has 2 heterocycles. The number of nitrogens with zero attached hydrogens (tertiary/aromatic N) is 3. The Bertz CT molecular complexity index is 759. The molecule has 1 saturated carbocycles. The molecule has 140 valence electrons. The van der Waals surface area contributed by atoms with Crippen molar-refractivity contribution < 1.29 is 9.59 Å². The van der Waals surface area contributed by atoms with Gasteiger partial charge in [-0.2, -0.15) is 0 Å². The van der Waals surface area contributed by atoms with E-state index in [4.69, 9.17) is 5.73 Å². The fourth-order valence-corrected chi connectivity index (χ4v) is 4.66. The lowest BCUT2D eigenvalue weighted by molar-refractivity contribution is -0.120. The van der Waals surface area contributed by atoms with Gasteiger partial charge in [-0.25, -0.2) is 0 Å². The van der Waals surface area contributed by atoms with Gasteiger partial charge in [0.1, 0.15) is 6.54 Å². The maximum atomic E-state index is 12.3. The molecule has 1 fully saturated rings. The first-order chi connectivity index (χ1) is 12.5. The number of carbonyl (C=O) groups excluding carboxylic acids is 2. The average Bonchev–Trinajstić information content (AvgIpc) is 3.24. The van der Waals surface area contributed by atoms with Crippen molar-refractivity contribution in [2.45, 2.75) is 50.4 Å². The molecular formula is C17H23N5O2S2. The molecule has 0 aromatic carbocycles. The van der Waals surface area contributed by atoms with Gasteiger partial charge in [-0.1, -0.05) is 37.6 Å². The second kappa shape index (κ2) is 8.68. The lowest BCUT2D eigenvalue weighted by Crippen LogP contribution is -2.41. The Morgan fingerprint density at radius 3 is 2.88 bits per heavy atom. The Labute approximate surface area is 160 Å². The van der Waals surface area contributed by atoms with Crippen LogP contribution in [0.3, 0.4) is 0 Å². The van der Waals surface area contributed by atoms with Crippen LogP contribution in [0.1, 0.15) is 32.6 Å². The van der Waals surface area contributed by atoms with E-state index in [1.807, 2.05) is 17.5 Å². The third-order valence-electron chi connectivity index (χ3n) is 4.56. The number of nitrogens with one attached hydrogen (secondary N) is 1. The molecule has 2 atom stereocenters. The summed E-state index contributed by atoms with van der Waals surface area (Å²) in [6.45, 7) is 2.18. The maximum Gasteiger partial charge on any atom is 0.237 e. The van der Waals surface area contributed by atoms with Crippen molar-refractivity contribution in [3.05, 3.63) is 17.5 Å². The summed E-state index contributed by atoms with van der Waals surface area (Å²) in [6.07, 6.45) is 4.61. The van der Waals surface area contributed by atoms with E-state index < -0.39 is 5.91 Å². The van der Waals surface area contributed by atoms with Crippen molar-refractivity contribution in [1.29, 1.82) is 0 Å². The molecular weight excluding hydrogens is 370 g/mol. The van der Waals surface area contributed by atoms with E-state index in [1.165, 1.54) is 35.9 Å². The van der Waals surface area contributed by atoms with Gasteiger partial charge in [0.05, 0.1) is 10.6 Å². The molecule has 0 saturated heterocycles. The van der Waals surface area contributed by atoms with E-state index in [0.29, 0.717) is 16.9 Å². The highest BCUT2D eigenvalue weighted by molar-refractivity contribution is 7.99. The number of thioether (sulfide) groups is 1. The number of hydrogen-bond acceptors (Lipinski definition) is 6. The molecule has 1 aliphatic carbocycles. The summed E-state index contributed by atoms with van der Waals surface area (Å²) in [5.41, 5.74) is 5.37. The zero-order valence-corrected chi connectivity index (χ0v) is 16.3. The second-order valence-electron chi connectivity index (χ2n) is 6.56. The summed E-state index contributed by atoms with van der Waals surface area (Å²) < 4.78 is 1.68. The van der Waals surface area contributed by atoms with Crippen LogP contribution in [0.2, 0.25) is 0 Å². The van der Waals surface area contributed by atoms with E-state index in [-0.39, 0.29) is 24.2 Å². The zero-order valence-electron chi connectivity index (χ0n) is 14.7. The molecule has 0 spiro atoms. The molecule has 0 radical (unpaired) electrons. The van der Waals surface area contributed by atoms with Gasteiger partial charge in [0.2, 0.25) is 11.8 Å². The molecule has 9 heteroatoms. The molecule has 2 aromatic rings. The van der Waals surface area contributed by atoms with Crippen LogP contribution in [0, 0.1) is 5.92 Å². The van der Waals surface area contributed by atoms with Crippen molar-refractivity contribution >= 4 is 34.9 Å². The molecule has 2 aromatic heterocycles. The number of carbonyl (C=O) groups is 2. The van der Waals surface area contributed by atoms with Gasteiger partial charge in [-0.05, 0) is 30.2 Å². The highest BCUT2D eigenvalue weighted by Gasteiger charge is 2.23. The summed E-state index contributed by atoms with van der Waals surface area (Å²) >= 11 is 2.79. The normalized spacial score (nSPS) is 20.0. The van der Waals surface area contributed by atoms with Crippen molar-refractivity contribution in [2.24, 2.45) is 11.7 Å². The Morgan fingerprint density at radius 1 is 1.38 bits per heavy atom. The molecule has 7 nitrogen and oxygen atoms in total. The summed E-state index contributed by atoms with van der Waals surface area (Å²) in [7, 11) is 0. The second-order valence-corrected chi connectivity index (χ2v) is 8.45. The highest BCUT2D eigenvalue weighted by atomic mass is 32.2. The topological polar surface area (TPSA) is 103 Å². The Hall–Kier alpha value is -1.87. The smallest absolute Gasteiger partial charge is 0.237 e. The molecule has 0 bridgehead atoms. The van der Waals surface area contributed by atoms with Crippen LogP contribution >= 0.6 is 23.1 Å². The third kappa shape index (κ3) is 4.64. The number of primary amides is 1. The van der Waals surface area contributed by atoms with Crippen LogP contribution in [0.5, 0.6) is 0 Å². The summed E-state index contributed by atoms with van der Waals surface area (Å²) in [6, 6.07) is 4.08. The SMILES string of the molecule is C[C@H]1CCCC[C@@H]1NC(=O)CSc1nnc(-c2cccs2)n1CC(N)=O. The van der Waals surface area contributed by atoms with E-state index in [2.05, 4.69) is 22.4 Å². The first-order valence-electron chi connectivity index (χ1n) is 8.72. The minimum atomic E-state index is -0.468. The van der Waals surface area contributed by atoms with E-state index in [9.17, 15) is 9.59 Å². The van der Waals surface area contributed by atoms with Crippen molar-refractivity contribution in [3.63, 3.8) is 0 Å². The molecule has 3 rings (SSSR count). The zero-order chi connectivity index (χ0) is 18.5. The van der Waals surface area contributed by atoms with E-state index >= 15 is 0 Å². The Morgan fingerprint density at radius 2 is 2.19 bits per heavy atom. The number of hydrogen-bond donors (Lipinski definition) is 2. The van der Waals surface area contributed by atoms with Crippen molar-refractivity contribution in [2.75, 3.05) is 5.75 Å². The van der Waals surface area contributed by atoms with Crippen molar-refractivity contribution in [3.8, 4) is 10.7 Å². The van der Waals surface area contributed by atoms with Crippen LogP contribution in [0.15, 0.2) is 22.7 Å². The molecule has 26 heavy (non-hydrogen) atoms. The molecule has 0 aliphatic heterocycles. The van der Waals surface area contributed by atoms with Gasteiger partial charge in [-0.3, -0.25) is 14.2 Å². The van der Waals surface area contributed by atoms with Gasteiger partial charge in [0.25, 0.3) is 0 Å². The highest BCUT2D eigenvalue weighted by Crippen LogP contribution is 2.27. The first kappa shape index (κ1) is 18.9. The Kier molecular flexibility index (Phi) is 6.31. The van der Waals surface area contributed by atoms with Crippen LogP contribution in [-0.2, 0) is 16.1 Å². The van der Waals surface area contributed by atoms with E-state index in [0.717, 1.165) is 17.7 Å². The molecule has 1 aliphatic rings. The summed E-state index contributed by atoms with van der Waals surface area (Å²) in [5.74, 6) is 0.874. The molecule has 2 amide bonds. The summed E-state index contributed by atoms with van der Waals surface area (Å²) in [4.78, 5) is 24.7. The minimum Gasteiger partial charge on any atom is -0.368 e. The number of thiophene rings is 1. The monoisotopic (exact) mass is 393 g/mol. The lowest BCUT2D eigenvalue weighted by Gasteiger charge is -2.29. The minimum absolute atomic E-state index is 0.0101. The van der Waals surface area contributed by atoms with Gasteiger partial charge < -0.3 is 11.1 Å². The van der Waals surface area contributed by atoms with Gasteiger partial charge >= 0.3 is 0 Å². The van der Waals surface area contributed by atoms with Crippen LogP contribution in [-0.4, -0.2) is 38.4 Å². The molecule has 3 N–H and O–H groups in total. The fourth-order valence-electron chi connectivity index (χ4n) is 3.19. The van der Waals surface area contributed by atoms with Gasteiger partial charge in [0, 0.05) is 6.04 Å². The predicted octanol–water partition coefficient (Wildman–Crippen LogP) is 2.28. The third-order valence-corrected chi connectivity index (χ3v) is 6.40. The number of rotatable bonds is 7. The first-order valence-corrected chi connectivity index (χ1v) is 10.6. The standard InChI is InChI=1S/C17H23N5O2S2/c1-11-5-2-3-6-12(11)19-15(24)10-26-17-21-20-16(13-7-4-8-25-13)22(17)9-14(18)23/h4,7-8,11-12H,2-3,5-6,9-10H2,1H3,(H2,18,23)(H,19,24)/t11-,12-/m0/s1. The summed E-state index contributed by atoms with van der Waals surface area (Å²) in [5, 5.41) is 13.9. The number of amides is 2. The molecule has 0 unspecified atom stereocenters. The quantitative estimate of drug-likeness (QED) is 0.703. The maximum absolute atomic E-state index is 12.3.